The molecule has 1 saturated heterocycles. The lowest BCUT2D eigenvalue weighted by Crippen LogP contribution is -2.41. The maximum atomic E-state index is 12.9. The molecule has 4 heterocycles. The fourth-order valence-corrected chi connectivity index (χ4v) is 6.87. The molecule has 258 valence electrons. The predicted molar refractivity (Wildman–Crippen MR) is 196 cm³/mol. The second-order valence-corrected chi connectivity index (χ2v) is 14.4. The number of hydrogen-bond donors (Lipinski definition) is 3. The van der Waals surface area contributed by atoms with Crippen molar-refractivity contribution in [2.24, 2.45) is 0 Å². The molecule has 0 unspecified atom stereocenters. The van der Waals surface area contributed by atoms with Crippen LogP contribution in [-0.4, -0.2) is 75.5 Å². The van der Waals surface area contributed by atoms with Gasteiger partial charge in [0, 0.05) is 55.1 Å². The quantitative estimate of drug-likeness (QED) is 0.155. The number of carbonyl (C=O) groups excluding carboxylic acids is 2. The number of imidazole rings is 1. The molecule has 3 aromatic carbocycles. The highest BCUT2D eigenvalue weighted by Crippen LogP contribution is 2.33. The van der Waals surface area contributed by atoms with Gasteiger partial charge in [-0.3, -0.25) is 14.1 Å². The standard InChI is InChI=1S/C37H40N8O4S/c1-24-5-7-25(8-6-24)29-22-45(41-33(29)37(2,3)4)42-35(47)39-26-9-11-27(12-10-26)49-28-13-14-31-32(21-28)50-36-40-30(23-44(31)36)34(46)38-15-16-43-17-19-48-20-18-43/h5-14,21-23H,15-20H2,1-4H3,(H,38,46)(H2,39,42,47). The van der Waals surface area contributed by atoms with Crippen LogP contribution >= 0.6 is 11.3 Å². The largest absolute Gasteiger partial charge is 0.457 e. The fourth-order valence-electron chi connectivity index (χ4n) is 5.83. The number of thiazole rings is 1. The van der Waals surface area contributed by atoms with Crippen LogP contribution in [-0.2, 0) is 10.2 Å². The van der Waals surface area contributed by atoms with Crippen molar-refractivity contribution in [3.63, 3.8) is 0 Å². The van der Waals surface area contributed by atoms with E-state index >= 15 is 0 Å². The second kappa shape index (κ2) is 13.9. The zero-order valence-electron chi connectivity index (χ0n) is 28.5. The van der Waals surface area contributed by atoms with Gasteiger partial charge in [-0.1, -0.05) is 61.9 Å². The van der Waals surface area contributed by atoms with E-state index in [1.54, 1.807) is 30.5 Å². The van der Waals surface area contributed by atoms with Gasteiger partial charge in [-0.05, 0) is 48.9 Å². The highest BCUT2D eigenvalue weighted by molar-refractivity contribution is 7.23. The summed E-state index contributed by atoms with van der Waals surface area (Å²) in [5, 5.41) is 10.5. The van der Waals surface area contributed by atoms with Crippen molar-refractivity contribution in [1.82, 2.24) is 29.5 Å². The number of anilines is 1. The van der Waals surface area contributed by atoms with Gasteiger partial charge in [0.1, 0.15) is 17.2 Å². The Hall–Kier alpha value is -5.24. The van der Waals surface area contributed by atoms with E-state index in [4.69, 9.17) is 9.47 Å². The number of urea groups is 1. The van der Waals surface area contributed by atoms with Crippen molar-refractivity contribution in [3.8, 4) is 22.6 Å². The molecule has 1 aliphatic rings. The molecule has 0 aliphatic carbocycles. The summed E-state index contributed by atoms with van der Waals surface area (Å²) in [6.45, 7) is 13.0. The topological polar surface area (TPSA) is 127 Å². The number of nitrogens with zero attached hydrogens (tertiary/aromatic N) is 5. The van der Waals surface area contributed by atoms with Crippen LogP contribution in [0.15, 0.2) is 79.1 Å². The predicted octanol–water partition coefficient (Wildman–Crippen LogP) is 6.65. The van der Waals surface area contributed by atoms with Crippen molar-refractivity contribution in [2.75, 3.05) is 50.1 Å². The van der Waals surface area contributed by atoms with Crippen LogP contribution in [0, 0.1) is 6.92 Å². The van der Waals surface area contributed by atoms with Gasteiger partial charge in [-0.25, -0.2) is 15.2 Å². The maximum absolute atomic E-state index is 12.9. The first-order chi connectivity index (χ1) is 24.1. The molecule has 12 nitrogen and oxygen atoms in total. The van der Waals surface area contributed by atoms with Crippen LogP contribution in [0.25, 0.3) is 26.3 Å². The number of hydrogen-bond acceptors (Lipinski definition) is 8. The van der Waals surface area contributed by atoms with Crippen LogP contribution in [0.2, 0.25) is 0 Å². The lowest BCUT2D eigenvalue weighted by Gasteiger charge is -2.26. The lowest BCUT2D eigenvalue weighted by atomic mass is 9.87. The zero-order chi connectivity index (χ0) is 34.8. The van der Waals surface area contributed by atoms with E-state index in [0.29, 0.717) is 29.4 Å². The monoisotopic (exact) mass is 692 g/mol. The molecule has 3 aromatic heterocycles. The third-order valence-electron chi connectivity index (χ3n) is 8.47. The summed E-state index contributed by atoms with van der Waals surface area (Å²) < 4.78 is 14.4. The van der Waals surface area contributed by atoms with Gasteiger partial charge in [0.25, 0.3) is 5.91 Å². The summed E-state index contributed by atoms with van der Waals surface area (Å²) in [4.78, 5) is 34.7. The third kappa shape index (κ3) is 7.49. The van der Waals surface area contributed by atoms with Crippen molar-refractivity contribution >= 4 is 44.1 Å². The summed E-state index contributed by atoms with van der Waals surface area (Å²) in [6.07, 6.45) is 3.62. The minimum Gasteiger partial charge on any atom is -0.457 e. The van der Waals surface area contributed by atoms with E-state index in [1.807, 2.05) is 28.8 Å². The molecule has 7 rings (SSSR count). The molecule has 0 atom stereocenters. The Morgan fingerprint density at radius 1 is 0.960 bits per heavy atom. The van der Waals surface area contributed by atoms with Gasteiger partial charge < -0.3 is 20.1 Å². The average molecular weight is 693 g/mol. The second-order valence-electron chi connectivity index (χ2n) is 13.4. The Morgan fingerprint density at radius 3 is 2.44 bits per heavy atom. The van der Waals surface area contributed by atoms with Gasteiger partial charge in [0.15, 0.2) is 4.96 Å². The Labute approximate surface area is 294 Å². The van der Waals surface area contributed by atoms with Crippen LogP contribution in [0.5, 0.6) is 11.5 Å². The maximum Gasteiger partial charge on any atom is 0.339 e. The van der Waals surface area contributed by atoms with E-state index in [-0.39, 0.29) is 11.3 Å². The van der Waals surface area contributed by atoms with E-state index in [1.165, 1.54) is 21.7 Å². The Kier molecular flexibility index (Phi) is 9.27. The summed E-state index contributed by atoms with van der Waals surface area (Å²) in [5.41, 5.74) is 8.62. The minimum absolute atomic E-state index is 0.180. The number of aryl methyl sites for hydroxylation is 1. The number of aromatic nitrogens is 4. The van der Waals surface area contributed by atoms with Crippen molar-refractivity contribution in [3.05, 3.63) is 96.1 Å². The first-order valence-corrected chi connectivity index (χ1v) is 17.4. The molecule has 13 heteroatoms. The van der Waals surface area contributed by atoms with Gasteiger partial charge in [0.2, 0.25) is 0 Å². The van der Waals surface area contributed by atoms with Crippen LogP contribution in [0.4, 0.5) is 10.5 Å². The van der Waals surface area contributed by atoms with Gasteiger partial charge in [-0.15, -0.1) is 0 Å². The van der Waals surface area contributed by atoms with Crippen LogP contribution < -0.4 is 20.8 Å². The molecule has 3 amide bonds. The summed E-state index contributed by atoms with van der Waals surface area (Å²) in [6, 6.07) is 20.8. The van der Waals surface area contributed by atoms with Crippen molar-refractivity contribution in [1.29, 1.82) is 0 Å². The molecule has 1 fully saturated rings. The normalized spacial score (nSPS) is 13.8. The fraction of sp³-hybridized carbons (Fsp3) is 0.297. The molecule has 0 radical (unpaired) electrons. The Morgan fingerprint density at radius 2 is 1.70 bits per heavy atom. The minimum atomic E-state index is -0.418. The molecular weight excluding hydrogens is 653 g/mol. The summed E-state index contributed by atoms with van der Waals surface area (Å²) >= 11 is 1.49. The first kappa shape index (κ1) is 33.3. The number of fused-ring (bicyclic) bond motifs is 3. The average Bonchev–Trinajstić information content (AvgIpc) is 3.80. The van der Waals surface area contributed by atoms with Gasteiger partial charge in [0.05, 0.1) is 35.3 Å². The SMILES string of the molecule is Cc1ccc(-c2cn(NC(=O)Nc3ccc(Oc4ccc5c(c4)sc4nc(C(=O)NCCN6CCOCC6)cn45)cc3)nc2C(C)(C)C)cc1. The number of rotatable bonds is 9. The molecule has 1 aliphatic heterocycles. The summed E-state index contributed by atoms with van der Waals surface area (Å²) in [5.74, 6) is 1.11. The van der Waals surface area contributed by atoms with Gasteiger partial charge >= 0.3 is 6.03 Å². The lowest BCUT2D eigenvalue weighted by molar-refractivity contribution is 0.0383. The molecule has 6 aromatic rings. The molecule has 0 bridgehead atoms. The molecule has 0 saturated carbocycles. The Balaban J connectivity index is 0.955. The number of morpholine rings is 1. The van der Waals surface area contributed by atoms with Crippen LogP contribution in [0.3, 0.4) is 0 Å². The van der Waals surface area contributed by atoms with Crippen molar-refractivity contribution < 1.29 is 19.1 Å². The molecule has 50 heavy (non-hydrogen) atoms. The van der Waals surface area contributed by atoms with Crippen LogP contribution in [0.1, 0.15) is 42.5 Å². The third-order valence-corrected chi connectivity index (χ3v) is 9.48. The number of benzene rings is 3. The van der Waals surface area contributed by atoms with Crippen molar-refractivity contribution in [2.45, 2.75) is 33.1 Å². The number of nitrogens with one attached hydrogen (secondary N) is 3. The van der Waals surface area contributed by atoms with E-state index < -0.39 is 6.03 Å². The van der Waals surface area contributed by atoms with E-state index in [9.17, 15) is 9.59 Å². The highest BCUT2D eigenvalue weighted by atomic mass is 32.1. The number of ether oxygens (including phenoxy) is 2. The van der Waals surface area contributed by atoms with E-state index in [2.05, 4.69) is 83.0 Å². The highest BCUT2D eigenvalue weighted by Gasteiger charge is 2.24. The molecular formula is C37H40N8O4S. The first-order valence-electron chi connectivity index (χ1n) is 16.6. The van der Waals surface area contributed by atoms with Gasteiger partial charge in [-0.2, -0.15) is 9.89 Å². The number of amides is 3. The zero-order valence-corrected chi connectivity index (χ0v) is 29.3. The summed E-state index contributed by atoms with van der Waals surface area (Å²) in [7, 11) is 0. The smallest absolute Gasteiger partial charge is 0.339 e. The Bertz CT molecular complexity index is 2140. The number of carbonyl (C=O) groups is 2. The molecule has 0 spiro atoms. The van der Waals surface area contributed by atoms with E-state index in [0.717, 1.165) is 64.8 Å². The molecule has 3 N–H and O–H groups in total.